The molecule has 1 amide bonds. The number of rotatable bonds is 5. The van der Waals surface area contributed by atoms with Crippen molar-refractivity contribution in [2.24, 2.45) is 0 Å². The molecule has 0 saturated carbocycles. The Kier molecular flexibility index (Phi) is 5.86. The number of carbonyl (C=O) groups excluding carboxylic acids is 1. The number of nitrogens with zero attached hydrogens (tertiary/aromatic N) is 1. The van der Waals surface area contributed by atoms with Crippen molar-refractivity contribution >= 4 is 48.5 Å². The van der Waals surface area contributed by atoms with Gasteiger partial charge in [-0.2, -0.15) is 4.31 Å². The van der Waals surface area contributed by atoms with Crippen molar-refractivity contribution in [3.63, 3.8) is 0 Å². The van der Waals surface area contributed by atoms with Gasteiger partial charge in [-0.3, -0.25) is 4.79 Å². The molecule has 1 saturated heterocycles. The van der Waals surface area contributed by atoms with Gasteiger partial charge in [0.25, 0.3) is 5.91 Å². The summed E-state index contributed by atoms with van der Waals surface area (Å²) in [7, 11) is -2.27. The molecule has 0 spiro atoms. The summed E-state index contributed by atoms with van der Waals surface area (Å²) in [6.07, 6.45) is 2.71. The van der Waals surface area contributed by atoms with Crippen molar-refractivity contribution in [2.75, 3.05) is 25.5 Å². The Morgan fingerprint density at radius 2 is 1.87 bits per heavy atom. The zero-order valence-electron chi connectivity index (χ0n) is 16.4. The van der Waals surface area contributed by atoms with Gasteiger partial charge in [-0.15, -0.1) is 0 Å². The summed E-state index contributed by atoms with van der Waals surface area (Å²) in [6.45, 7) is 0.986. The summed E-state index contributed by atoms with van der Waals surface area (Å²) in [5.74, 6) is -0.0946. The maximum atomic E-state index is 13.1. The predicted molar refractivity (Wildman–Crippen MR) is 120 cm³/mol. The van der Waals surface area contributed by atoms with Crippen LogP contribution >= 0.6 is 15.9 Å². The van der Waals surface area contributed by atoms with Gasteiger partial charge in [-0.25, -0.2) is 8.42 Å². The van der Waals surface area contributed by atoms with E-state index in [0.717, 1.165) is 34.6 Å². The number of piperidine rings is 1. The molecular weight excluding hydrogens is 470 g/mol. The van der Waals surface area contributed by atoms with Gasteiger partial charge in [0.05, 0.1) is 7.11 Å². The summed E-state index contributed by atoms with van der Waals surface area (Å²) >= 11 is 3.41. The van der Waals surface area contributed by atoms with E-state index >= 15 is 0 Å². The quantitative estimate of drug-likeness (QED) is 0.554. The average Bonchev–Trinajstić information content (AvgIpc) is 3.17. The number of aromatic amines is 1. The van der Waals surface area contributed by atoms with Crippen LogP contribution in [-0.2, 0) is 10.0 Å². The molecule has 0 bridgehead atoms. The number of nitrogens with one attached hydrogen (secondary N) is 2. The van der Waals surface area contributed by atoms with Crippen molar-refractivity contribution in [3.05, 3.63) is 52.6 Å². The minimum atomic E-state index is -3.71. The summed E-state index contributed by atoms with van der Waals surface area (Å²) in [5, 5.41) is 3.69. The van der Waals surface area contributed by atoms with Crippen LogP contribution in [0.3, 0.4) is 0 Å². The molecule has 7 nitrogen and oxygen atoms in total. The standard InChI is InChI=1S/C21H22BrN3O4S/c1-29-19-8-7-16(13-20(19)30(27,28)25-9-3-2-4-10-25)23-21(26)18-11-14-5-6-15(22)12-17(14)24-18/h5-8,11-13,24H,2-4,9-10H2,1H3,(H,23,26). The molecule has 1 aromatic heterocycles. The van der Waals surface area contributed by atoms with E-state index in [0.29, 0.717) is 24.5 Å². The monoisotopic (exact) mass is 491 g/mol. The van der Waals surface area contributed by atoms with Gasteiger partial charge >= 0.3 is 0 Å². The van der Waals surface area contributed by atoms with E-state index < -0.39 is 10.0 Å². The molecule has 3 aromatic rings. The molecule has 1 aliphatic heterocycles. The van der Waals surface area contributed by atoms with E-state index in [2.05, 4.69) is 26.2 Å². The first kappa shape index (κ1) is 20.9. The first-order valence-electron chi connectivity index (χ1n) is 9.66. The highest BCUT2D eigenvalue weighted by molar-refractivity contribution is 9.10. The largest absolute Gasteiger partial charge is 0.495 e. The lowest BCUT2D eigenvalue weighted by molar-refractivity contribution is 0.102. The highest BCUT2D eigenvalue weighted by atomic mass is 79.9. The summed E-state index contributed by atoms with van der Waals surface area (Å²) in [5.41, 5.74) is 1.60. The van der Waals surface area contributed by atoms with Gasteiger partial charge in [-0.05, 0) is 49.2 Å². The topological polar surface area (TPSA) is 91.5 Å². The van der Waals surface area contributed by atoms with Crippen LogP contribution in [0.1, 0.15) is 29.8 Å². The Morgan fingerprint density at radius 3 is 2.60 bits per heavy atom. The van der Waals surface area contributed by atoms with Crippen LogP contribution in [0.4, 0.5) is 5.69 Å². The van der Waals surface area contributed by atoms with Crippen LogP contribution < -0.4 is 10.1 Å². The molecular formula is C21H22BrN3O4S. The second kappa shape index (κ2) is 8.41. The highest BCUT2D eigenvalue weighted by Crippen LogP contribution is 2.31. The number of amides is 1. The number of hydrogen-bond donors (Lipinski definition) is 2. The number of benzene rings is 2. The molecule has 1 aliphatic rings. The number of methoxy groups -OCH3 is 1. The number of H-pyrrole nitrogens is 1. The fraction of sp³-hybridized carbons (Fsp3) is 0.286. The molecule has 0 unspecified atom stereocenters. The van der Waals surface area contributed by atoms with Crippen molar-refractivity contribution in [3.8, 4) is 5.75 Å². The van der Waals surface area contributed by atoms with Gasteiger partial charge in [0, 0.05) is 34.2 Å². The predicted octanol–water partition coefficient (Wildman–Crippen LogP) is 4.37. The molecule has 0 atom stereocenters. The lowest BCUT2D eigenvalue weighted by Gasteiger charge is -2.26. The number of hydrogen-bond acceptors (Lipinski definition) is 4. The summed E-state index contributed by atoms with van der Waals surface area (Å²) in [6, 6.07) is 12.1. The van der Waals surface area contributed by atoms with E-state index in [1.807, 2.05) is 18.2 Å². The van der Waals surface area contributed by atoms with E-state index in [-0.39, 0.29) is 16.6 Å². The number of carbonyl (C=O) groups is 1. The molecule has 158 valence electrons. The van der Waals surface area contributed by atoms with Crippen LogP contribution in [0.2, 0.25) is 0 Å². The van der Waals surface area contributed by atoms with Crippen molar-refractivity contribution in [1.29, 1.82) is 0 Å². The van der Waals surface area contributed by atoms with E-state index in [9.17, 15) is 13.2 Å². The number of sulfonamides is 1. The first-order valence-corrected chi connectivity index (χ1v) is 11.9. The Labute approximate surface area is 183 Å². The molecule has 2 N–H and O–H groups in total. The number of aromatic nitrogens is 1. The normalized spacial score (nSPS) is 15.3. The maximum absolute atomic E-state index is 13.1. The van der Waals surface area contributed by atoms with Crippen LogP contribution in [0, 0.1) is 0 Å². The van der Waals surface area contributed by atoms with Crippen molar-refractivity contribution in [2.45, 2.75) is 24.2 Å². The average molecular weight is 492 g/mol. The van der Waals surface area contributed by atoms with Crippen LogP contribution in [0.25, 0.3) is 10.9 Å². The van der Waals surface area contributed by atoms with Crippen molar-refractivity contribution in [1.82, 2.24) is 9.29 Å². The Bertz CT molecular complexity index is 1200. The smallest absolute Gasteiger partial charge is 0.272 e. The van der Waals surface area contributed by atoms with Gasteiger partial charge in [0.1, 0.15) is 16.3 Å². The van der Waals surface area contributed by atoms with Crippen LogP contribution in [-0.4, -0.2) is 43.8 Å². The molecule has 0 radical (unpaired) electrons. The number of halogens is 1. The third-order valence-electron chi connectivity index (χ3n) is 5.18. The van der Waals surface area contributed by atoms with Gasteiger partial charge < -0.3 is 15.0 Å². The van der Waals surface area contributed by atoms with Crippen molar-refractivity contribution < 1.29 is 17.9 Å². The third-order valence-corrected chi connectivity index (χ3v) is 7.60. The SMILES string of the molecule is COc1ccc(NC(=O)c2cc3ccc(Br)cc3[nH]2)cc1S(=O)(=O)N1CCCCC1. The maximum Gasteiger partial charge on any atom is 0.272 e. The second-order valence-corrected chi connectivity index (χ2v) is 10.0. The second-order valence-electron chi connectivity index (χ2n) is 7.20. The van der Waals surface area contributed by atoms with Crippen LogP contribution in [0.15, 0.2) is 51.8 Å². The minimum Gasteiger partial charge on any atom is -0.495 e. The lowest BCUT2D eigenvalue weighted by Crippen LogP contribution is -2.35. The molecule has 2 heterocycles. The Morgan fingerprint density at radius 1 is 1.10 bits per heavy atom. The summed E-state index contributed by atoms with van der Waals surface area (Å²) < 4.78 is 34.0. The number of fused-ring (bicyclic) bond motifs is 1. The molecule has 30 heavy (non-hydrogen) atoms. The zero-order chi connectivity index (χ0) is 21.3. The number of ether oxygens (including phenoxy) is 1. The zero-order valence-corrected chi connectivity index (χ0v) is 18.8. The Hall–Kier alpha value is -2.36. The molecule has 2 aromatic carbocycles. The molecule has 4 rings (SSSR count). The Balaban J connectivity index is 1.62. The van der Waals surface area contributed by atoms with Gasteiger partial charge in [0.2, 0.25) is 10.0 Å². The first-order chi connectivity index (χ1) is 14.4. The van der Waals surface area contributed by atoms with Crippen LogP contribution in [0.5, 0.6) is 5.75 Å². The van der Waals surface area contributed by atoms with E-state index in [1.165, 1.54) is 17.5 Å². The van der Waals surface area contributed by atoms with E-state index in [4.69, 9.17) is 4.74 Å². The lowest BCUT2D eigenvalue weighted by atomic mass is 10.2. The van der Waals surface area contributed by atoms with Gasteiger partial charge in [0.15, 0.2) is 0 Å². The van der Waals surface area contributed by atoms with E-state index in [1.54, 1.807) is 18.2 Å². The summed E-state index contributed by atoms with van der Waals surface area (Å²) in [4.78, 5) is 15.9. The third kappa shape index (κ3) is 4.10. The molecule has 1 fully saturated rings. The fourth-order valence-electron chi connectivity index (χ4n) is 3.62. The molecule has 9 heteroatoms. The fourth-order valence-corrected chi connectivity index (χ4v) is 5.68. The minimum absolute atomic E-state index is 0.0604. The van der Waals surface area contributed by atoms with Gasteiger partial charge in [-0.1, -0.05) is 28.4 Å². The number of anilines is 1. The molecule has 0 aliphatic carbocycles. The highest BCUT2D eigenvalue weighted by Gasteiger charge is 2.29.